The van der Waals surface area contributed by atoms with E-state index in [2.05, 4.69) is 10.3 Å². The molecule has 6 heteroatoms. The van der Waals surface area contributed by atoms with Gasteiger partial charge in [0.05, 0.1) is 11.9 Å². The third-order valence-electron chi connectivity index (χ3n) is 4.53. The summed E-state index contributed by atoms with van der Waals surface area (Å²) >= 11 is 0. The first-order valence-corrected chi connectivity index (χ1v) is 8.86. The van der Waals surface area contributed by atoms with Crippen LogP contribution in [0, 0.1) is 0 Å². The minimum Gasteiger partial charge on any atom is -0.338 e. The Kier molecular flexibility index (Phi) is 5.96. The van der Waals surface area contributed by atoms with Crippen molar-refractivity contribution in [1.29, 1.82) is 0 Å². The molecule has 1 aromatic heterocycles. The summed E-state index contributed by atoms with van der Waals surface area (Å²) in [6.45, 7) is 1.67. The van der Waals surface area contributed by atoms with Crippen LogP contribution in [0.25, 0.3) is 11.1 Å². The predicted octanol–water partition coefficient (Wildman–Crippen LogP) is 4.83. The number of rotatable bonds is 7. The first-order valence-electron chi connectivity index (χ1n) is 8.86. The van der Waals surface area contributed by atoms with Gasteiger partial charge in [0, 0.05) is 25.5 Å². The SMILES string of the molecule is Cn1cncc1CCCNCc1ccc(-c2ccc(C(F)(F)F)cc2)cc1. The third-order valence-corrected chi connectivity index (χ3v) is 4.53. The van der Waals surface area contributed by atoms with E-state index >= 15 is 0 Å². The standard InChI is InChI=1S/C21H22F3N3/c1-27-15-26-14-20(27)3-2-12-25-13-16-4-6-17(7-5-16)18-8-10-19(11-9-18)21(22,23)24/h4-11,14-15,25H,2-3,12-13H2,1H3. The average Bonchev–Trinajstić information content (AvgIpc) is 3.06. The molecule has 0 aliphatic heterocycles. The Balaban J connectivity index is 1.48. The van der Waals surface area contributed by atoms with Crippen LogP contribution in [0.4, 0.5) is 13.2 Å². The van der Waals surface area contributed by atoms with Crippen molar-refractivity contribution in [3.63, 3.8) is 0 Å². The minimum absolute atomic E-state index is 0.627. The Hall–Kier alpha value is -2.60. The number of hydrogen-bond donors (Lipinski definition) is 1. The molecule has 3 rings (SSSR count). The molecule has 27 heavy (non-hydrogen) atoms. The van der Waals surface area contributed by atoms with Gasteiger partial charge in [-0.25, -0.2) is 4.98 Å². The summed E-state index contributed by atoms with van der Waals surface area (Å²) in [5.74, 6) is 0. The van der Waals surface area contributed by atoms with Gasteiger partial charge in [0.15, 0.2) is 0 Å². The van der Waals surface area contributed by atoms with Gasteiger partial charge in [-0.1, -0.05) is 36.4 Å². The number of benzene rings is 2. The molecular formula is C21H22F3N3. The summed E-state index contributed by atoms with van der Waals surface area (Å²) in [7, 11) is 1.99. The summed E-state index contributed by atoms with van der Waals surface area (Å²) in [5.41, 5.74) is 3.42. The first kappa shape index (κ1) is 19.2. The Morgan fingerprint density at radius 1 is 0.963 bits per heavy atom. The molecule has 3 aromatic rings. The molecular weight excluding hydrogens is 351 g/mol. The van der Waals surface area contributed by atoms with E-state index in [0.29, 0.717) is 0 Å². The lowest BCUT2D eigenvalue weighted by atomic mass is 10.0. The van der Waals surface area contributed by atoms with Gasteiger partial charge in [0.2, 0.25) is 0 Å². The predicted molar refractivity (Wildman–Crippen MR) is 100 cm³/mol. The van der Waals surface area contributed by atoms with E-state index in [1.807, 2.05) is 42.1 Å². The number of imidazole rings is 1. The second-order valence-corrected chi connectivity index (χ2v) is 6.55. The molecule has 142 valence electrons. The molecule has 1 heterocycles. The molecule has 0 unspecified atom stereocenters. The number of halogens is 3. The number of aryl methyl sites for hydroxylation is 2. The normalized spacial score (nSPS) is 11.7. The van der Waals surface area contributed by atoms with E-state index in [-0.39, 0.29) is 0 Å². The largest absolute Gasteiger partial charge is 0.416 e. The summed E-state index contributed by atoms with van der Waals surface area (Å²) in [6, 6.07) is 13.1. The lowest BCUT2D eigenvalue weighted by Gasteiger charge is -2.09. The number of hydrogen-bond acceptors (Lipinski definition) is 2. The quantitative estimate of drug-likeness (QED) is 0.601. The molecule has 0 aliphatic carbocycles. The van der Waals surface area contributed by atoms with Crippen molar-refractivity contribution in [2.75, 3.05) is 6.54 Å². The van der Waals surface area contributed by atoms with Crippen molar-refractivity contribution >= 4 is 0 Å². The molecule has 0 aliphatic rings. The molecule has 2 aromatic carbocycles. The van der Waals surface area contributed by atoms with Gasteiger partial charge >= 0.3 is 6.18 Å². The van der Waals surface area contributed by atoms with Gasteiger partial charge in [-0.15, -0.1) is 0 Å². The highest BCUT2D eigenvalue weighted by molar-refractivity contribution is 5.64. The van der Waals surface area contributed by atoms with E-state index in [9.17, 15) is 13.2 Å². The zero-order valence-electron chi connectivity index (χ0n) is 15.1. The average molecular weight is 373 g/mol. The molecule has 0 spiro atoms. The summed E-state index contributed by atoms with van der Waals surface area (Å²) in [5, 5.41) is 3.41. The van der Waals surface area contributed by atoms with E-state index < -0.39 is 11.7 Å². The van der Waals surface area contributed by atoms with Gasteiger partial charge in [0.1, 0.15) is 0 Å². The Morgan fingerprint density at radius 2 is 1.59 bits per heavy atom. The number of nitrogens with one attached hydrogen (secondary N) is 1. The van der Waals surface area contributed by atoms with Crippen molar-refractivity contribution in [2.24, 2.45) is 7.05 Å². The maximum atomic E-state index is 12.6. The van der Waals surface area contributed by atoms with Gasteiger partial charge in [0.25, 0.3) is 0 Å². The molecule has 0 atom stereocenters. The Morgan fingerprint density at radius 3 is 2.15 bits per heavy atom. The van der Waals surface area contributed by atoms with E-state index in [4.69, 9.17) is 0 Å². The van der Waals surface area contributed by atoms with Crippen molar-refractivity contribution < 1.29 is 13.2 Å². The fourth-order valence-corrected chi connectivity index (χ4v) is 2.92. The lowest BCUT2D eigenvalue weighted by Crippen LogP contribution is -2.15. The first-order chi connectivity index (χ1) is 12.9. The van der Waals surface area contributed by atoms with Gasteiger partial charge in [-0.2, -0.15) is 13.2 Å². The number of aromatic nitrogens is 2. The van der Waals surface area contributed by atoms with Gasteiger partial charge in [-0.05, 0) is 48.2 Å². The summed E-state index contributed by atoms with van der Waals surface area (Å²) in [4.78, 5) is 4.11. The molecule has 0 fully saturated rings. The highest BCUT2D eigenvalue weighted by Gasteiger charge is 2.29. The van der Waals surface area contributed by atoms with Crippen molar-refractivity contribution in [1.82, 2.24) is 14.9 Å². The highest BCUT2D eigenvalue weighted by atomic mass is 19.4. The second kappa shape index (κ2) is 8.39. The second-order valence-electron chi connectivity index (χ2n) is 6.55. The van der Waals surface area contributed by atoms with Crippen molar-refractivity contribution in [3.8, 4) is 11.1 Å². The molecule has 0 saturated carbocycles. The molecule has 0 saturated heterocycles. The van der Waals surface area contributed by atoms with Crippen LogP contribution in [-0.2, 0) is 26.2 Å². The van der Waals surface area contributed by atoms with Crippen LogP contribution >= 0.6 is 0 Å². The van der Waals surface area contributed by atoms with Crippen LogP contribution < -0.4 is 5.32 Å². The molecule has 3 nitrogen and oxygen atoms in total. The van der Waals surface area contributed by atoms with Crippen LogP contribution in [0.5, 0.6) is 0 Å². The number of alkyl halides is 3. The van der Waals surface area contributed by atoms with E-state index in [1.54, 1.807) is 6.33 Å². The van der Waals surface area contributed by atoms with Gasteiger partial charge in [-0.3, -0.25) is 0 Å². The van der Waals surface area contributed by atoms with Crippen LogP contribution in [0.2, 0.25) is 0 Å². The smallest absolute Gasteiger partial charge is 0.338 e. The van der Waals surface area contributed by atoms with Crippen LogP contribution in [0.1, 0.15) is 23.2 Å². The number of nitrogens with zero attached hydrogens (tertiary/aromatic N) is 2. The topological polar surface area (TPSA) is 29.9 Å². The Bertz CT molecular complexity index is 850. The maximum Gasteiger partial charge on any atom is 0.416 e. The third kappa shape index (κ3) is 5.20. The van der Waals surface area contributed by atoms with Gasteiger partial charge < -0.3 is 9.88 Å². The zero-order valence-corrected chi connectivity index (χ0v) is 15.1. The van der Waals surface area contributed by atoms with Crippen LogP contribution in [-0.4, -0.2) is 16.1 Å². The lowest BCUT2D eigenvalue weighted by molar-refractivity contribution is -0.137. The fraction of sp³-hybridized carbons (Fsp3) is 0.286. The molecule has 0 bridgehead atoms. The molecule has 0 amide bonds. The summed E-state index contributed by atoms with van der Waals surface area (Å²) in [6.07, 6.45) is 1.41. The maximum absolute atomic E-state index is 12.6. The molecule has 0 radical (unpaired) electrons. The molecule has 1 N–H and O–H groups in total. The fourth-order valence-electron chi connectivity index (χ4n) is 2.92. The van der Waals surface area contributed by atoms with Crippen molar-refractivity contribution in [2.45, 2.75) is 25.6 Å². The Labute approximate surface area is 156 Å². The van der Waals surface area contributed by atoms with Crippen molar-refractivity contribution in [3.05, 3.63) is 77.9 Å². The van der Waals surface area contributed by atoms with E-state index in [0.717, 1.165) is 54.8 Å². The van der Waals surface area contributed by atoms with Crippen LogP contribution in [0.15, 0.2) is 61.1 Å². The minimum atomic E-state index is -4.30. The highest BCUT2D eigenvalue weighted by Crippen LogP contribution is 2.31. The van der Waals surface area contributed by atoms with Crippen LogP contribution in [0.3, 0.4) is 0 Å². The summed E-state index contributed by atoms with van der Waals surface area (Å²) < 4.78 is 39.9. The monoisotopic (exact) mass is 373 g/mol. The van der Waals surface area contributed by atoms with E-state index in [1.165, 1.54) is 17.8 Å². The zero-order chi connectivity index (χ0) is 19.3.